The van der Waals surface area contributed by atoms with Crippen LogP contribution < -0.4 is 0 Å². The van der Waals surface area contributed by atoms with Gasteiger partial charge in [0.15, 0.2) is 0 Å². The van der Waals surface area contributed by atoms with Crippen molar-refractivity contribution in [2.75, 3.05) is 0 Å². The third-order valence-corrected chi connectivity index (χ3v) is 2.21. The van der Waals surface area contributed by atoms with Crippen LogP contribution in [0.2, 0.25) is 0 Å². The third kappa shape index (κ3) is 3.80. The topological polar surface area (TPSA) is 127 Å². The molecule has 1 aromatic carbocycles. The third-order valence-electron chi connectivity index (χ3n) is 2.21. The van der Waals surface area contributed by atoms with Gasteiger partial charge in [0, 0.05) is 0 Å². The van der Waals surface area contributed by atoms with Gasteiger partial charge in [0.2, 0.25) is 12.2 Å². The number of hydrogen-bond acceptors (Lipinski definition) is 6. The molecule has 0 fully saturated rings. The van der Waals surface area contributed by atoms with Crippen LogP contribution in [0.1, 0.15) is 10.4 Å². The fourth-order valence-electron chi connectivity index (χ4n) is 1.32. The summed E-state index contributed by atoms with van der Waals surface area (Å²) in [6, 6.07) is 7.38. The zero-order valence-electron chi connectivity index (χ0n) is 9.96. The Morgan fingerprint density at radius 1 is 1.00 bits per heavy atom. The number of carboxylic acid groups (broad SMARTS) is 2. The predicted molar refractivity (Wildman–Crippen MR) is 61.9 cm³/mol. The SMILES string of the molecule is O=CO[C@H](C(=O)O)[C@H](OC(=O)c1ccccc1)C(=O)O. The number of aliphatic carboxylic acids is 2. The van der Waals surface area contributed by atoms with Crippen LogP contribution in [0.15, 0.2) is 30.3 Å². The van der Waals surface area contributed by atoms with Crippen LogP contribution in [0.25, 0.3) is 0 Å². The number of hydrogen-bond donors (Lipinski definition) is 2. The van der Waals surface area contributed by atoms with Crippen LogP contribution in [0.5, 0.6) is 0 Å². The summed E-state index contributed by atoms with van der Waals surface area (Å²) in [6.45, 7) is -0.231. The summed E-state index contributed by atoms with van der Waals surface area (Å²) in [5, 5.41) is 17.6. The summed E-state index contributed by atoms with van der Waals surface area (Å²) in [7, 11) is 0. The zero-order valence-corrected chi connectivity index (χ0v) is 9.96. The van der Waals surface area contributed by atoms with E-state index in [0.717, 1.165) is 0 Å². The first-order valence-corrected chi connectivity index (χ1v) is 5.28. The molecule has 0 heterocycles. The van der Waals surface area contributed by atoms with Crippen LogP contribution in [0.3, 0.4) is 0 Å². The number of esters is 1. The van der Waals surface area contributed by atoms with Gasteiger partial charge in [0.25, 0.3) is 6.47 Å². The van der Waals surface area contributed by atoms with Gasteiger partial charge in [-0.3, -0.25) is 4.79 Å². The van der Waals surface area contributed by atoms with E-state index in [9.17, 15) is 19.2 Å². The van der Waals surface area contributed by atoms with Crippen molar-refractivity contribution in [2.45, 2.75) is 12.2 Å². The second kappa shape index (κ2) is 6.88. The summed E-state index contributed by atoms with van der Waals surface area (Å²) < 4.78 is 8.70. The van der Waals surface area contributed by atoms with Gasteiger partial charge in [-0.05, 0) is 12.1 Å². The molecule has 106 valence electrons. The molecule has 8 heteroatoms. The normalized spacial score (nSPS) is 12.8. The van der Waals surface area contributed by atoms with Gasteiger partial charge < -0.3 is 19.7 Å². The molecule has 1 aromatic rings. The maximum absolute atomic E-state index is 11.7. The summed E-state index contributed by atoms with van der Waals surface area (Å²) in [4.78, 5) is 43.6. The molecule has 0 spiro atoms. The van der Waals surface area contributed by atoms with Crippen molar-refractivity contribution in [3.05, 3.63) is 35.9 Å². The Morgan fingerprint density at radius 2 is 1.55 bits per heavy atom. The molecule has 0 saturated carbocycles. The second-order valence-electron chi connectivity index (χ2n) is 3.52. The summed E-state index contributed by atoms with van der Waals surface area (Å²) in [6.07, 6.45) is -4.27. The van der Waals surface area contributed by atoms with E-state index in [4.69, 9.17) is 10.2 Å². The quantitative estimate of drug-likeness (QED) is 0.525. The molecule has 0 bridgehead atoms. The van der Waals surface area contributed by atoms with Gasteiger partial charge >= 0.3 is 17.9 Å². The molecule has 0 aliphatic heterocycles. The lowest BCUT2D eigenvalue weighted by Crippen LogP contribution is -2.44. The minimum atomic E-state index is -2.15. The van der Waals surface area contributed by atoms with Crippen LogP contribution >= 0.6 is 0 Å². The van der Waals surface area contributed by atoms with E-state index in [1.165, 1.54) is 24.3 Å². The Balaban J connectivity index is 2.92. The van der Waals surface area contributed by atoms with Crippen molar-refractivity contribution < 1.29 is 38.9 Å². The number of carbonyl (C=O) groups excluding carboxylic acids is 2. The van der Waals surface area contributed by atoms with E-state index >= 15 is 0 Å². The van der Waals surface area contributed by atoms with Crippen molar-refractivity contribution in [2.24, 2.45) is 0 Å². The summed E-state index contributed by atoms with van der Waals surface area (Å²) in [5.41, 5.74) is 0.0361. The Bertz CT molecular complexity index is 509. The van der Waals surface area contributed by atoms with Crippen molar-refractivity contribution >= 4 is 24.4 Å². The monoisotopic (exact) mass is 282 g/mol. The van der Waals surface area contributed by atoms with Crippen LogP contribution in [-0.2, 0) is 23.9 Å². The van der Waals surface area contributed by atoms with Crippen molar-refractivity contribution in [1.29, 1.82) is 0 Å². The standard InChI is InChI=1S/C12H10O8/c13-6-19-8(10(14)15)9(11(16)17)20-12(18)7-4-2-1-3-5-7/h1-6,8-9H,(H,14,15)(H,16,17)/t8-,9-/m0/s1. The fourth-order valence-corrected chi connectivity index (χ4v) is 1.32. The number of carboxylic acids is 2. The lowest BCUT2D eigenvalue weighted by molar-refractivity contribution is -0.173. The molecular formula is C12H10O8. The Hall–Kier alpha value is -2.90. The van der Waals surface area contributed by atoms with Crippen LogP contribution in [-0.4, -0.2) is 46.8 Å². The smallest absolute Gasteiger partial charge is 0.349 e. The lowest BCUT2D eigenvalue weighted by Gasteiger charge is -2.18. The molecule has 0 amide bonds. The number of rotatable bonds is 7. The first-order valence-electron chi connectivity index (χ1n) is 5.28. The number of carbonyl (C=O) groups is 4. The molecule has 2 N–H and O–H groups in total. The minimum Gasteiger partial charge on any atom is -0.478 e. The molecule has 1 rings (SSSR count). The Labute approximate surface area is 112 Å². The highest BCUT2D eigenvalue weighted by Crippen LogP contribution is 2.10. The Kier molecular flexibility index (Phi) is 5.21. The van der Waals surface area contributed by atoms with Crippen molar-refractivity contribution in [3.63, 3.8) is 0 Å². The van der Waals surface area contributed by atoms with Crippen molar-refractivity contribution in [3.8, 4) is 0 Å². The lowest BCUT2D eigenvalue weighted by atomic mass is 10.2. The highest BCUT2D eigenvalue weighted by Gasteiger charge is 2.39. The molecule has 0 saturated heterocycles. The predicted octanol–water partition coefficient (Wildman–Crippen LogP) is -0.0772. The molecule has 0 radical (unpaired) electrons. The molecule has 0 unspecified atom stereocenters. The van der Waals surface area contributed by atoms with E-state index in [0.29, 0.717) is 0 Å². The van der Waals surface area contributed by atoms with E-state index < -0.39 is 30.1 Å². The van der Waals surface area contributed by atoms with E-state index in [1.807, 2.05) is 0 Å². The maximum Gasteiger partial charge on any atom is 0.349 e. The fraction of sp³-hybridized carbons (Fsp3) is 0.167. The molecule has 0 aliphatic carbocycles. The maximum atomic E-state index is 11.7. The Morgan fingerprint density at radius 3 is 2.00 bits per heavy atom. The largest absolute Gasteiger partial charge is 0.478 e. The second-order valence-corrected chi connectivity index (χ2v) is 3.52. The molecular weight excluding hydrogens is 272 g/mol. The minimum absolute atomic E-state index is 0.0361. The molecule has 8 nitrogen and oxygen atoms in total. The van der Waals surface area contributed by atoms with E-state index in [1.54, 1.807) is 6.07 Å². The van der Waals surface area contributed by atoms with Crippen LogP contribution in [0.4, 0.5) is 0 Å². The average molecular weight is 282 g/mol. The van der Waals surface area contributed by atoms with E-state index in [-0.39, 0.29) is 12.0 Å². The van der Waals surface area contributed by atoms with Gasteiger partial charge in [0.1, 0.15) is 0 Å². The van der Waals surface area contributed by atoms with Crippen molar-refractivity contribution in [1.82, 2.24) is 0 Å². The molecule has 20 heavy (non-hydrogen) atoms. The zero-order chi connectivity index (χ0) is 15.1. The molecule has 2 atom stereocenters. The number of benzene rings is 1. The highest BCUT2D eigenvalue weighted by molar-refractivity contribution is 5.93. The average Bonchev–Trinajstić information content (AvgIpc) is 2.42. The van der Waals surface area contributed by atoms with E-state index in [2.05, 4.69) is 9.47 Å². The summed E-state index contributed by atoms with van der Waals surface area (Å²) in [5.74, 6) is -4.53. The first kappa shape index (κ1) is 15.2. The summed E-state index contributed by atoms with van der Waals surface area (Å²) >= 11 is 0. The van der Waals surface area contributed by atoms with Gasteiger partial charge in [-0.25, -0.2) is 14.4 Å². The van der Waals surface area contributed by atoms with Crippen LogP contribution in [0, 0.1) is 0 Å². The number of ether oxygens (including phenoxy) is 2. The molecule has 0 aliphatic rings. The van der Waals surface area contributed by atoms with Gasteiger partial charge in [-0.15, -0.1) is 0 Å². The first-order chi connectivity index (χ1) is 9.47. The highest BCUT2D eigenvalue weighted by atomic mass is 16.6. The van der Waals surface area contributed by atoms with Gasteiger partial charge in [0.05, 0.1) is 5.56 Å². The van der Waals surface area contributed by atoms with Gasteiger partial charge in [-0.2, -0.15) is 0 Å². The molecule has 0 aromatic heterocycles. The van der Waals surface area contributed by atoms with Gasteiger partial charge in [-0.1, -0.05) is 18.2 Å².